The SMILES string of the molecule is Clc1nc(-c2ccccc2)c2ccccc2n1.Clc1nc(-c2ccccc2)c2ccccc2n1. The summed E-state index contributed by atoms with van der Waals surface area (Å²) in [4.78, 5) is 17.1. The van der Waals surface area contributed by atoms with Gasteiger partial charge in [0.05, 0.1) is 22.4 Å². The van der Waals surface area contributed by atoms with Gasteiger partial charge in [0.25, 0.3) is 0 Å². The molecule has 2 heterocycles. The summed E-state index contributed by atoms with van der Waals surface area (Å²) in [6.45, 7) is 0. The lowest BCUT2D eigenvalue weighted by atomic mass is 10.1. The minimum absolute atomic E-state index is 0.280. The smallest absolute Gasteiger partial charge is 0.218 e. The van der Waals surface area contributed by atoms with Gasteiger partial charge < -0.3 is 0 Å². The molecule has 4 nitrogen and oxygen atoms in total. The number of hydrogen-bond donors (Lipinski definition) is 0. The molecular weight excluding hydrogens is 463 g/mol. The third-order valence-electron chi connectivity index (χ3n) is 5.25. The molecule has 0 N–H and O–H groups in total. The van der Waals surface area contributed by atoms with Gasteiger partial charge in [-0.15, -0.1) is 0 Å². The minimum Gasteiger partial charge on any atom is -0.218 e. The van der Waals surface area contributed by atoms with E-state index in [1.54, 1.807) is 0 Å². The van der Waals surface area contributed by atoms with E-state index in [1.165, 1.54) is 0 Å². The molecule has 0 unspecified atom stereocenters. The Balaban J connectivity index is 0.000000142. The third kappa shape index (κ3) is 4.74. The maximum atomic E-state index is 5.95. The molecule has 0 saturated heterocycles. The summed E-state index contributed by atoms with van der Waals surface area (Å²) in [5.41, 5.74) is 5.58. The minimum atomic E-state index is 0.280. The molecule has 0 atom stereocenters. The molecule has 6 heteroatoms. The number of halogens is 2. The maximum Gasteiger partial charge on any atom is 0.223 e. The largest absolute Gasteiger partial charge is 0.223 e. The van der Waals surface area contributed by atoms with E-state index in [1.807, 2.05) is 109 Å². The number of hydrogen-bond acceptors (Lipinski definition) is 4. The molecule has 164 valence electrons. The van der Waals surface area contributed by atoms with Crippen LogP contribution >= 0.6 is 23.2 Å². The third-order valence-corrected chi connectivity index (χ3v) is 5.58. The van der Waals surface area contributed by atoms with E-state index < -0.39 is 0 Å². The van der Waals surface area contributed by atoms with Crippen LogP contribution in [0.5, 0.6) is 0 Å². The second kappa shape index (κ2) is 9.96. The predicted molar refractivity (Wildman–Crippen MR) is 140 cm³/mol. The highest BCUT2D eigenvalue weighted by Gasteiger charge is 2.08. The van der Waals surface area contributed by atoms with Crippen LogP contribution in [-0.2, 0) is 0 Å². The fourth-order valence-electron chi connectivity index (χ4n) is 3.73. The Bertz CT molecular complexity index is 1450. The molecule has 0 fully saturated rings. The molecule has 0 aliphatic carbocycles. The fourth-order valence-corrected chi connectivity index (χ4v) is 4.08. The number of fused-ring (bicyclic) bond motifs is 2. The van der Waals surface area contributed by atoms with E-state index in [-0.39, 0.29) is 10.6 Å². The van der Waals surface area contributed by atoms with Crippen LogP contribution in [0.3, 0.4) is 0 Å². The quantitative estimate of drug-likeness (QED) is 0.236. The van der Waals surface area contributed by atoms with Gasteiger partial charge in [-0.2, -0.15) is 0 Å². The van der Waals surface area contributed by atoms with Crippen LogP contribution < -0.4 is 0 Å². The molecule has 2 aromatic heterocycles. The summed E-state index contributed by atoms with van der Waals surface area (Å²) in [7, 11) is 0. The van der Waals surface area contributed by atoms with Crippen molar-refractivity contribution in [2.45, 2.75) is 0 Å². The van der Waals surface area contributed by atoms with Crippen LogP contribution in [0.1, 0.15) is 0 Å². The van der Waals surface area contributed by atoms with Crippen molar-refractivity contribution < 1.29 is 0 Å². The standard InChI is InChI=1S/2C14H9ClN2/c2*15-14-16-12-9-5-4-8-11(12)13(17-14)10-6-2-1-3-7-10/h2*1-9H. The van der Waals surface area contributed by atoms with Crippen LogP contribution in [0, 0.1) is 0 Å². The lowest BCUT2D eigenvalue weighted by molar-refractivity contribution is 1.22. The first-order valence-corrected chi connectivity index (χ1v) is 11.4. The van der Waals surface area contributed by atoms with Crippen molar-refractivity contribution in [3.05, 3.63) is 120 Å². The molecular formula is C28H18Cl2N4. The molecule has 0 bridgehead atoms. The monoisotopic (exact) mass is 480 g/mol. The lowest BCUT2D eigenvalue weighted by Crippen LogP contribution is -1.90. The van der Waals surface area contributed by atoms with Gasteiger partial charge in [0.15, 0.2) is 0 Å². The number of para-hydroxylation sites is 2. The first-order valence-electron chi connectivity index (χ1n) is 10.6. The van der Waals surface area contributed by atoms with E-state index in [9.17, 15) is 0 Å². The second-order valence-electron chi connectivity index (χ2n) is 7.45. The second-order valence-corrected chi connectivity index (χ2v) is 8.12. The van der Waals surface area contributed by atoms with Gasteiger partial charge in [-0.25, -0.2) is 19.9 Å². The number of nitrogens with zero attached hydrogens (tertiary/aromatic N) is 4. The van der Waals surface area contributed by atoms with Crippen molar-refractivity contribution in [2.75, 3.05) is 0 Å². The highest BCUT2D eigenvalue weighted by Crippen LogP contribution is 2.27. The van der Waals surface area contributed by atoms with Gasteiger partial charge in [0.2, 0.25) is 10.6 Å². The Morgan fingerprint density at radius 2 is 0.735 bits per heavy atom. The molecule has 4 aromatic carbocycles. The van der Waals surface area contributed by atoms with Gasteiger partial charge in [-0.05, 0) is 35.3 Å². The summed E-state index contributed by atoms with van der Waals surface area (Å²) < 4.78 is 0. The van der Waals surface area contributed by atoms with Crippen molar-refractivity contribution in [2.24, 2.45) is 0 Å². The first-order chi connectivity index (χ1) is 16.7. The Morgan fingerprint density at radius 3 is 1.15 bits per heavy atom. The van der Waals surface area contributed by atoms with E-state index in [0.717, 1.165) is 44.3 Å². The van der Waals surface area contributed by atoms with E-state index in [2.05, 4.69) is 19.9 Å². The van der Waals surface area contributed by atoms with Crippen molar-refractivity contribution in [3.63, 3.8) is 0 Å². The van der Waals surface area contributed by atoms with Crippen LogP contribution in [-0.4, -0.2) is 19.9 Å². The Kier molecular flexibility index (Phi) is 6.43. The Hall–Kier alpha value is -3.86. The summed E-state index contributed by atoms with van der Waals surface area (Å²) in [6, 6.07) is 35.7. The maximum absolute atomic E-state index is 5.95. The Labute approximate surface area is 206 Å². The van der Waals surface area contributed by atoms with E-state index >= 15 is 0 Å². The van der Waals surface area contributed by atoms with Gasteiger partial charge in [-0.1, -0.05) is 97.1 Å². The highest BCUT2D eigenvalue weighted by atomic mass is 35.5. The topological polar surface area (TPSA) is 51.6 Å². The molecule has 0 aliphatic heterocycles. The van der Waals surface area contributed by atoms with Gasteiger partial charge in [-0.3, -0.25) is 0 Å². The zero-order chi connectivity index (χ0) is 23.3. The lowest BCUT2D eigenvalue weighted by Gasteiger charge is -2.05. The average Bonchev–Trinajstić information content (AvgIpc) is 2.89. The summed E-state index contributed by atoms with van der Waals surface area (Å²) in [6.07, 6.45) is 0. The molecule has 0 spiro atoms. The number of rotatable bonds is 2. The molecule has 0 aliphatic rings. The fraction of sp³-hybridized carbons (Fsp3) is 0. The van der Waals surface area contributed by atoms with Crippen LogP contribution in [0.25, 0.3) is 44.3 Å². The van der Waals surface area contributed by atoms with E-state index in [0.29, 0.717) is 0 Å². The number of benzene rings is 4. The van der Waals surface area contributed by atoms with Gasteiger partial charge in [0, 0.05) is 21.9 Å². The van der Waals surface area contributed by atoms with Crippen LogP contribution in [0.2, 0.25) is 10.6 Å². The summed E-state index contributed by atoms with van der Waals surface area (Å²) in [5, 5.41) is 2.59. The Morgan fingerprint density at radius 1 is 0.382 bits per heavy atom. The molecule has 0 amide bonds. The molecule has 0 radical (unpaired) electrons. The molecule has 34 heavy (non-hydrogen) atoms. The summed E-state index contributed by atoms with van der Waals surface area (Å²) >= 11 is 11.9. The van der Waals surface area contributed by atoms with Crippen molar-refractivity contribution >= 4 is 45.0 Å². The molecule has 6 aromatic rings. The molecule has 6 rings (SSSR count). The van der Waals surface area contributed by atoms with Gasteiger partial charge in [0.1, 0.15) is 0 Å². The normalized spacial score (nSPS) is 10.6. The van der Waals surface area contributed by atoms with E-state index in [4.69, 9.17) is 23.2 Å². The predicted octanol–water partition coefficient (Wildman–Crippen LogP) is 7.90. The first kappa shape index (κ1) is 22.0. The summed E-state index contributed by atoms with van der Waals surface area (Å²) in [5.74, 6) is 0. The van der Waals surface area contributed by atoms with Crippen molar-refractivity contribution in [1.82, 2.24) is 19.9 Å². The number of aromatic nitrogens is 4. The van der Waals surface area contributed by atoms with Crippen molar-refractivity contribution in [1.29, 1.82) is 0 Å². The van der Waals surface area contributed by atoms with Crippen molar-refractivity contribution in [3.8, 4) is 22.5 Å². The van der Waals surface area contributed by atoms with Crippen LogP contribution in [0.15, 0.2) is 109 Å². The molecule has 0 saturated carbocycles. The average molecular weight is 481 g/mol. The van der Waals surface area contributed by atoms with Gasteiger partial charge >= 0.3 is 0 Å². The van der Waals surface area contributed by atoms with Crippen LogP contribution in [0.4, 0.5) is 0 Å². The zero-order valence-corrected chi connectivity index (χ0v) is 19.4. The highest BCUT2D eigenvalue weighted by molar-refractivity contribution is 6.29. The zero-order valence-electron chi connectivity index (χ0n) is 17.9.